The number of rotatable bonds is 5. The number of imidazole rings is 1. The molecule has 6 nitrogen and oxygen atoms in total. The molecule has 1 unspecified atom stereocenters. The van der Waals surface area contributed by atoms with Crippen LogP contribution in [-0.2, 0) is 4.79 Å². The van der Waals surface area contributed by atoms with E-state index in [2.05, 4.69) is 33.8 Å². The maximum atomic E-state index is 12.4. The molecule has 0 radical (unpaired) electrons. The molecular formula is C20H26N4O2S. The molecule has 1 aliphatic carbocycles. The Morgan fingerprint density at radius 1 is 1.26 bits per heavy atom. The van der Waals surface area contributed by atoms with Crippen molar-refractivity contribution in [2.75, 3.05) is 0 Å². The molecular weight excluding hydrogens is 360 g/mol. The fourth-order valence-electron chi connectivity index (χ4n) is 3.26. The molecule has 1 aromatic carbocycles. The maximum Gasteiger partial charge on any atom is 0.321 e. The van der Waals surface area contributed by atoms with Crippen LogP contribution in [0.5, 0.6) is 0 Å². The minimum Gasteiger partial charge on any atom is -0.335 e. The van der Waals surface area contributed by atoms with Crippen LogP contribution < -0.4 is 10.6 Å². The Kier molecular flexibility index (Phi) is 6.21. The Bertz CT molecular complexity index is 827. The first kappa shape index (κ1) is 19.5. The van der Waals surface area contributed by atoms with Gasteiger partial charge in [-0.3, -0.25) is 14.7 Å². The van der Waals surface area contributed by atoms with E-state index in [-0.39, 0.29) is 11.9 Å². The van der Waals surface area contributed by atoms with Gasteiger partial charge in [-0.1, -0.05) is 36.7 Å². The summed E-state index contributed by atoms with van der Waals surface area (Å²) < 4.78 is 1.98. The van der Waals surface area contributed by atoms with Gasteiger partial charge in [0.05, 0.1) is 10.9 Å². The Labute approximate surface area is 164 Å². The number of aromatic nitrogens is 2. The number of imide groups is 1. The molecule has 7 heteroatoms. The smallest absolute Gasteiger partial charge is 0.321 e. The van der Waals surface area contributed by atoms with Gasteiger partial charge in [0.25, 0.3) is 0 Å². The normalized spacial score (nSPS) is 15.5. The van der Waals surface area contributed by atoms with Crippen LogP contribution in [-0.4, -0.2) is 32.8 Å². The van der Waals surface area contributed by atoms with Crippen molar-refractivity contribution in [3.8, 4) is 5.69 Å². The van der Waals surface area contributed by atoms with Crippen LogP contribution in [0.2, 0.25) is 0 Å². The van der Waals surface area contributed by atoms with Gasteiger partial charge in [0.2, 0.25) is 5.91 Å². The summed E-state index contributed by atoms with van der Waals surface area (Å²) in [6, 6.07) is 6.02. The summed E-state index contributed by atoms with van der Waals surface area (Å²) in [6.45, 7) is 5.88. The number of carbonyl (C=O) groups excluding carboxylic acids is 2. The zero-order valence-corrected chi connectivity index (χ0v) is 16.8. The molecule has 1 heterocycles. The van der Waals surface area contributed by atoms with E-state index in [1.807, 2.05) is 24.6 Å². The zero-order chi connectivity index (χ0) is 19.4. The Morgan fingerprint density at radius 2 is 2.00 bits per heavy atom. The molecule has 1 aromatic heterocycles. The number of benzene rings is 1. The Morgan fingerprint density at radius 3 is 2.74 bits per heavy atom. The quantitative estimate of drug-likeness (QED) is 0.768. The third kappa shape index (κ3) is 4.91. The number of nitrogens with zero attached hydrogens (tertiary/aromatic N) is 2. The van der Waals surface area contributed by atoms with E-state index in [4.69, 9.17) is 0 Å². The predicted molar refractivity (Wildman–Crippen MR) is 107 cm³/mol. The SMILES string of the molecule is Cc1ccc(C)c(-n2ccnc2SC(C)C(=O)NC(=O)NC2CCCC2)c1. The first-order chi connectivity index (χ1) is 12.9. The lowest BCUT2D eigenvalue weighted by Crippen LogP contribution is -2.45. The first-order valence-electron chi connectivity index (χ1n) is 9.33. The summed E-state index contributed by atoms with van der Waals surface area (Å²) in [5.74, 6) is -0.314. The topological polar surface area (TPSA) is 76.0 Å². The van der Waals surface area contributed by atoms with Gasteiger partial charge < -0.3 is 5.32 Å². The second-order valence-corrected chi connectivity index (χ2v) is 8.38. The average molecular weight is 387 g/mol. The van der Waals surface area contributed by atoms with Gasteiger partial charge in [-0.25, -0.2) is 9.78 Å². The van der Waals surface area contributed by atoms with Crippen LogP contribution in [0, 0.1) is 13.8 Å². The van der Waals surface area contributed by atoms with Crippen LogP contribution in [0.25, 0.3) is 5.69 Å². The van der Waals surface area contributed by atoms with Crippen molar-refractivity contribution >= 4 is 23.7 Å². The monoisotopic (exact) mass is 386 g/mol. The van der Waals surface area contributed by atoms with Crippen LogP contribution in [0.4, 0.5) is 4.79 Å². The highest BCUT2D eigenvalue weighted by Crippen LogP contribution is 2.26. The highest BCUT2D eigenvalue weighted by atomic mass is 32.2. The number of urea groups is 1. The fourth-order valence-corrected chi connectivity index (χ4v) is 4.13. The fraction of sp³-hybridized carbons (Fsp3) is 0.450. The lowest BCUT2D eigenvalue weighted by atomic mass is 10.1. The predicted octanol–water partition coefficient (Wildman–Crippen LogP) is 3.74. The van der Waals surface area contributed by atoms with Gasteiger partial charge in [-0.2, -0.15) is 0 Å². The molecule has 2 aromatic rings. The molecule has 0 saturated heterocycles. The molecule has 0 aliphatic heterocycles. The van der Waals surface area contributed by atoms with Crippen molar-refractivity contribution in [1.82, 2.24) is 20.2 Å². The van der Waals surface area contributed by atoms with E-state index in [0.29, 0.717) is 0 Å². The molecule has 1 aliphatic rings. The number of aryl methyl sites for hydroxylation is 2. The number of amides is 3. The molecule has 3 rings (SSSR count). The summed E-state index contributed by atoms with van der Waals surface area (Å²) in [7, 11) is 0. The van der Waals surface area contributed by atoms with Gasteiger partial charge in [-0.05, 0) is 50.8 Å². The van der Waals surface area contributed by atoms with Crippen molar-refractivity contribution in [2.45, 2.75) is 62.9 Å². The molecule has 2 N–H and O–H groups in total. The summed E-state index contributed by atoms with van der Waals surface area (Å²) in [5.41, 5.74) is 3.34. The third-order valence-electron chi connectivity index (χ3n) is 4.81. The van der Waals surface area contributed by atoms with E-state index >= 15 is 0 Å². The standard InChI is InChI=1S/C20H26N4O2S/c1-13-8-9-14(2)17(12-13)24-11-10-21-20(24)27-15(3)18(25)23-19(26)22-16-6-4-5-7-16/h8-12,15-16H,4-7H2,1-3H3,(H2,22,23,25,26). The second kappa shape index (κ2) is 8.61. The second-order valence-electron chi connectivity index (χ2n) is 7.07. The van der Waals surface area contributed by atoms with Crippen LogP contribution in [0.3, 0.4) is 0 Å². The zero-order valence-electron chi connectivity index (χ0n) is 16.0. The molecule has 0 spiro atoms. The number of carbonyl (C=O) groups is 2. The summed E-state index contributed by atoms with van der Waals surface area (Å²) in [4.78, 5) is 28.8. The van der Waals surface area contributed by atoms with Gasteiger partial charge in [0.1, 0.15) is 0 Å². The summed E-state index contributed by atoms with van der Waals surface area (Å²) in [5, 5.41) is 5.61. The van der Waals surface area contributed by atoms with E-state index in [9.17, 15) is 9.59 Å². The average Bonchev–Trinajstić information content (AvgIpc) is 3.28. The van der Waals surface area contributed by atoms with Crippen molar-refractivity contribution < 1.29 is 9.59 Å². The van der Waals surface area contributed by atoms with Gasteiger partial charge in [-0.15, -0.1) is 0 Å². The molecule has 1 atom stereocenters. The lowest BCUT2D eigenvalue weighted by Gasteiger charge is -2.16. The molecule has 144 valence electrons. The lowest BCUT2D eigenvalue weighted by molar-refractivity contribution is -0.119. The highest BCUT2D eigenvalue weighted by molar-refractivity contribution is 8.00. The van der Waals surface area contributed by atoms with E-state index < -0.39 is 11.3 Å². The van der Waals surface area contributed by atoms with Crippen molar-refractivity contribution in [1.29, 1.82) is 0 Å². The molecule has 3 amide bonds. The highest BCUT2D eigenvalue weighted by Gasteiger charge is 2.22. The van der Waals surface area contributed by atoms with E-state index in [1.165, 1.54) is 11.8 Å². The maximum absolute atomic E-state index is 12.4. The van der Waals surface area contributed by atoms with E-state index in [0.717, 1.165) is 47.7 Å². The van der Waals surface area contributed by atoms with Gasteiger partial charge >= 0.3 is 6.03 Å². The Hall–Kier alpha value is -2.28. The van der Waals surface area contributed by atoms with Crippen LogP contribution in [0.1, 0.15) is 43.7 Å². The number of thioether (sulfide) groups is 1. The summed E-state index contributed by atoms with van der Waals surface area (Å²) >= 11 is 1.34. The minimum absolute atomic E-state index is 0.184. The Balaban J connectivity index is 1.63. The van der Waals surface area contributed by atoms with Gasteiger partial charge in [0, 0.05) is 18.4 Å². The van der Waals surface area contributed by atoms with Gasteiger partial charge in [0.15, 0.2) is 5.16 Å². The molecule has 1 fully saturated rings. The number of hydrogen-bond acceptors (Lipinski definition) is 4. The number of hydrogen-bond donors (Lipinski definition) is 2. The summed E-state index contributed by atoms with van der Waals surface area (Å²) in [6.07, 6.45) is 7.85. The van der Waals surface area contributed by atoms with Crippen LogP contribution in [0.15, 0.2) is 35.7 Å². The van der Waals surface area contributed by atoms with Crippen molar-refractivity contribution in [2.24, 2.45) is 0 Å². The van der Waals surface area contributed by atoms with Crippen molar-refractivity contribution in [3.05, 3.63) is 41.7 Å². The minimum atomic E-state index is -0.439. The first-order valence-corrected chi connectivity index (χ1v) is 10.2. The largest absolute Gasteiger partial charge is 0.335 e. The third-order valence-corrected chi connectivity index (χ3v) is 5.89. The van der Waals surface area contributed by atoms with Crippen LogP contribution >= 0.6 is 11.8 Å². The number of nitrogens with one attached hydrogen (secondary N) is 2. The molecule has 0 bridgehead atoms. The molecule has 27 heavy (non-hydrogen) atoms. The van der Waals surface area contributed by atoms with Crippen molar-refractivity contribution in [3.63, 3.8) is 0 Å². The van der Waals surface area contributed by atoms with E-state index in [1.54, 1.807) is 13.1 Å². The molecule has 1 saturated carbocycles.